The molecule has 2 aromatic rings. The topological polar surface area (TPSA) is 12.0 Å². The lowest BCUT2D eigenvalue weighted by Gasteiger charge is -2.19. The smallest absolute Gasteiger partial charge is 0.130 e. The summed E-state index contributed by atoms with van der Waals surface area (Å²) in [7, 11) is 1.79. The van der Waals surface area contributed by atoms with Crippen molar-refractivity contribution < 1.29 is 8.78 Å². The van der Waals surface area contributed by atoms with Crippen molar-refractivity contribution in [1.82, 2.24) is 5.32 Å². The molecule has 0 fully saturated rings. The molecule has 3 heteroatoms. The Balaban J connectivity index is 2.31. The van der Waals surface area contributed by atoms with E-state index in [1.54, 1.807) is 7.05 Å². The number of hydrogen-bond acceptors (Lipinski definition) is 1. The molecule has 2 aromatic carbocycles. The first-order valence-corrected chi connectivity index (χ1v) is 6.69. The molecule has 0 saturated heterocycles. The summed E-state index contributed by atoms with van der Waals surface area (Å²) in [6.07, 6.45) is 0.673. The second kappa shape index (κ2) is 6.14. The van der Waals surface area contributed by atoms with Crippen LogP contribution in [0.2, 0.25) is 0 Å². The Morgan fingerprint density at radius 2 is 1.80 bits per heavy atom. The minimum absolute atomic E-state index is 0.170. The van der Waals surface area contributed by atoms with Gasteiger partial charge >= 0.3 is 0 Å². The summed E-state index contributed by atoms with van der Waals surface area (Å²) in [5, 5.41) is 3.11. The second-order valence-corrected chi connectivity index (χ2v) is 5.14. The summed E-state index contributed by atoms with van der Waals surface area (Å²) < 4.78 is 26.9. The molecule has 1 unspecified atom stereocenters. The monoisotopic (exact) mass is 275 g/mol. The van der Waals surface area contributed by atoms with Gasteiger partial charge in [-0.2, -0.15) is 0 Å². The first kappa shape index (κ1) is 14.7. The minimum Gasteiger partial charge on any atom is -0.313 e. The molecule has 1 nitrogen and oxygen atoms in total. The summed E-state index contributed by atoms with van der Waals surface area (Å²) in [4.78, 5) is 0. The highest BCUT2D eigenvalue weighted by Gasteiger charge is 2.16. The highest BCUT2D eigenvalue weighted by Crippen LogP contribution is 2.23. The number of rotatable bonds is 4. The van der Waals surface area contributed by atoms with E-state index in [9.17, 15) is 8.78 Å². The normalized spacial score (nSPS) is 12.4. The maximum atomic E-state index is 13.9. The number of benzene rings is 2. The molecular formula is C17H19F2N. The third kappa shape index (κ3) is 3.23. The Bertz CT molecular complexity index is 608. The van der Waals surface area contributed by atoms with Crippen molar-refractivity contribution in [3.8, 4) is 0 Å². The largest absolute Gasteiger partial charge is 0.313 e. The molecule has 1 atom stereocenters. The van der Waals surface area contributed by atoms with Crippen LogP contribution in [-0.2, 0) is 6.42 Å². The van der Waals surface area contributed by atoms with Gasteiger partial charge in [0.1, 0.15) is 11.6 Å². The molecule has 0 aliphatic carbocycles. The Hall–Kier alpha value is -1.74. The van der Waals surface area contributed by atoms with E-state index in [4.69, 9.17) is 0 Å². The van der Waals surface area contributed by atoms with Gasteiger partial charge in [-0.1, -0.05) is 29.8 Å². The lowest BCUT2D eigenvalue weighted by atomic mass is 9.94. The fraction of sp³-hybridized carbons (Fsp3) is 0.294. The average Bonchev–Trinajstić information content (AvgIpc) is 2.40. The number of hydrogen-bond donors (Lipinski definition) is 1. The zero-order valence-electron chi connectivity index (χ0n) is 12.0. The van der Waals surface area contributed by atoms with Crippen LogP contribution in [0.4, 0.5) is 8.78 Å². The van der Waals surface area contributed by atoms with E-state index in [-0.39, 0.29) is 6.04 Å². The molecule has 0 heterocycles. The van der Waals surface area contributed by atoms with Crippen LogP contribution >= 0.6 is 0 Å². The average molecular weight is 275 g/mol. The van der Waals surface area contributed by atoms with Gasteiger partial charge in [0.15, 0.2) is 0 Å². The Kier molecular flexibility index (Phi) is 4.50. The molecule has 0 saturated carbocycles. The molecular weight excluding hydrogens is 256 g/mol. The van der Waals surface area contributed by atoms with Crippen LogP contribution in [0, 0.1) is 25.5 Å². The van der Waals surface area contributed by atoms with Crippen LogP contribution < -0.4 is 5.32 Å². The Labute approximate surface area is 118 Å². The Morgan fingerprint density at radius 3 is 2.45 bits per heavy atom. The first-order chi connectivity index (χ1) is 9.51. The van der Waals surface area contributed by atoms with Gasteiger partial charge in [0, 0.05) is 17.7 Å². The highest BCUT2D eigenvalue weighted by molar-refractivity contribution is 5.33. The first-order valence-electron chi connectivity index (χ1n) is 6.69. The maximum Gasteiger partial charge on any atom is 0.130 e. The lowest BCUT2D eigenvalue weighted by Crippen LogP contribution is -2.20. The van der Waals surface area contributed by atoms with Gasteiger partial charge in [-0.15, -0.1) is 0 Å². The SMILES string of the molecule is CNC(Cc1cc(C)ccc1C)c1ccc(F)cc1F. The summed E-state index contributed by atoms with van der Waals surface area (Å²) in [5.74, 6) is -1.05. The van der Waals surface area contributed by atoms with Gasteiger partial charge in [0.25, 0.3) is 0 Å². The standard InChI is InChI=1S/C17H19F2N/c1-11-4-5-12(2)13(8-11)9-17(20-3)15-7-6-14(18)10-16(15)19/h4-8,10,17,20H,9H2,1-3H3. The van der Waals surface area contributed by atoms with Crippen LogP contribution in [0.3, 0.4) is 0 Å². The van der Waals surface area contributed by atoms with Crippen LogP contribution in [0.25, 0.3) is 0 Å². The number of aryl methyl sites for hydroxylation is 2. The summed E-state index contributed by atoms with van der Waals surface area (Å²) in [5.41, 5.74) is 4.03. The number of halogens is 2. The van der Waals surface area contributed by atoms with Crippen LogP contribution in [0.1, 0.15) is 28.3 Å². The number of nitrogens with one attached hydrogen (secondary N) is 1. The van der Waals surface area contributed by atoms with Crippen molar-refractivity contribution in [2.24, 2.45) is 0 Å². The molecule has 20 heavy (non-hydrogen) atoms. The molecule has 0 bridgehead atoms. The Morgan fingerprint density at radius 1 is 1.05 bits per heavy atom. The summed E-state index contributed by atoms with van der Waals surface area (Å²) in [6.45, 7) is 4.08. The van der Waals surface area contributed by atoms with E-state index >= 15 is 0 Å². The molecule has 0 aromatic heterocycles. The van der Waals surface area contributed by atoms with Crippen molar-refractivity contribution >= 4 is 0 Å². The molecule has 0 aliphatic heterocycles. The molecule has 0 spiro atoms. The van der Waals surface area contributed by atoms with E-state index in [1.807, 2.05) is 13.8 Å². The minimum atomic E-state index is -0.548. The number of likely N-dealkylation sites (N-methyl/N-ethyl adjacent to an activating group) is 1. The van der Waals surface area contributed by atoms with Crippen LogP contribution in [0.15, 0.2) is 36.4 Å². The molecule has 0 aliphatic rings. The van der Waals surface area contributed by atoms with E-state index in [2.05, 4.69) is 23.5 Å². The third-order valence-electron chi connectivity index (χ3n) is 3.62. The van der Waals surface area contributed by atoms with Gasteiger partial charge in [-0.05, 0) is 44.5 Å². The molecule has 0 amide bonds. The summed E-state index contributed by atoms with van der Waals surface area (Å²) in [6, 6.07) is 9.81. The molecule has 106 valence electrons. The van der Waals surface area contributed by atoms with E-state index in [0.717, 1.165) is 6.07 Å². The van der Waals surface area contributed by atoms with Crippen LogP contribution in [-0.4, -0.2) is 7.05 Å². The zero-order valence-corrected chi connectivity index (χ0v) is 12.0. The van der Waals surface area contributed by atoms with Crippen molar-refractivity contribution in [2.45, 2.75) is 26.3 Å². The second-order valence-electron chi connectivity index (χ2n) is 5.14. The van der Waals surface area contributed by atoms with Gasteiger partial charge in [-0.25, -0.2) is 8.78 Å². The van der Waals surface area contributed by atoms with Gasteiger partial charge in [-0.3, -0.25) is 0 Å². The predicted octanol–water partition coefficient (Wildman–Crippen LogP) is 4.08. The maximum absolute atomic E-state index is 13.9. The van der Waals surface area contributed by atoms with Gasteiger partial charge in [0.05, 0.1) is 0 Å². The predicted molar refractivity (Wildman–Crippen MR) is 77.8 cm³/mol. The quantitative estimate of drug-likeness (QED) is 0.886. The highest BCUT2D eigenvalue weighted by atomic mass is 19.1. The lowest BCUT2D eigenvalue weighted by molar-refractivity contribution is 0.521. The molecule has 2 rings (SSSR count). The van der Waals surface area contributed by atoms with Crippen molar-refractivity contribution in [3.63, 3.8) is 0 Å². The van der Waals surface area contributed by atoms with Crippen molar-refractivity contribution in [3.05, 3.63) is 70.3 Å². The van der Waals surface area contributed by atoms with E-state index in [1.165, 1.54) is 28.8 Å². The fourth-order valence-corrected chi connectivity index (χ4v) is 2.39. The molecule has 0 radical (unpaired) electrons. The fourth-order valence-electron chi connectivity index (χ4n) is 2.39. The third-order valence-corrected chi connectivity index (χ3v) is 3.62. The molecule has 1 N–H and O–H groups in total. The van der Waals surface area contributed by atoms with Crippen molar-refractivity contribution in [1.29, 1.82) is 0 Å². The summed E-state index contributed by atoms with van der Waals surface area (Å²) >= 11 is 0. The van der Waals surface area contributed by atoms with Gasteiger partial charge < -0.3 is 5.32 Å². The van der Waals surface area contributed by atoms with Gasteiger partial charge in [0.2, 0.25) is 0 Å². The van der Waals surface area contributed by atoms with E-state index in [0.29, 0.717) is 12.0 Å². The van der Waals surface area contributed by atoms with Crippen molar-refractivity contribution in [2.75, 3.05) is 7.05 Å². The van der Waals surface area contributed by atoms with Crippen LogP contribution in [0.5, 0.6) is 0 Å². The van der Waals surface area contributed by atoms with E-state index < -0.39 is 11.6 Å². The zero-order chi connectivity index (χ0) is 14.7.